The van der Waals surface area contributed by atoms with Crippen molar-refractivity contribution in [1.82, 2.24) is 4.31 Å². The van der Waals surface area contributed by atoms with Crippen molar-refractivity contribution in [3.05, 3.63) is 65.7 Å². The molecule has 6 heteroatoms. The van der Waals surface area contributed by atoms with Gasteiger partial charge in [-0.15, -0.1) is 0 Å². The minimum Gasteiger partial charge on any atom is -0.375 e. The van der Waals surface area contributed by atoms with Crippen molar-refractivity contribution in [2.45, 2.75) is 49.3 Å². The van der Waals surface area contributed by atoms with Gasteiger partial charge < -0.3 is 9.53 Å². The molecule has 5 nitrogen and oxygen atoms in total. The Labute approximate surface area is 166 Å². The van der Waals surface area contributed by atoms with E-state index < -0.39 is 15.6 Å². The van der Waals surface area contributed by atoms with Crippen molar-refractivity contribution in [3.63, 3.8) is 0 Å². The summed E-state index contributed by atoms with van der Waals surface area (Å²) in [5.41, 5.74) is 1.50. The predicted molar refractivity (Wildman–Crippen MR) is 106 cm³/mol. The van der Waals surface area contributed by atoms with Crippen LogP contribution in [0.15, 0.2) is 59.5 Å². The van der Waals surface area contributed by atoms with Gasteiger partial charge in [0.1, 0.15) is 6.29 Å². The van der Waals surface area contributed by atoms with Crippen molar-refractivity contribution in [1.29, 1.82) is 0 Å². The number of benzene rings is 2. The van der Waals surface area contributed by atoms with Crippen LogP contribution in [0, 0.1) is 12.8 Å². The van der Waals surface area contributed by atoms with Crippen molar-refractivity contribution >= 4 is 16.3 Å². The van der Waals surface area contributed by atoms with E-state index in [9.17, 15) is 13.2 Å². The summed E-state index contributed by atoms with van der Waals surface area (Å²) in [6.45, 7) is 2.70. The fraction of sp³-hybridized carbons (Fsp3) is 0.409. The molecule has 0 aromatic heterocycles. The second-order valence-electron chi connectivity index (χ2n) is 7.88. The number of piperidine rings is 1. The number of hydrogen-bond acceptors (Lipinski definition) is 4. The maximum Gasteiger partial charge on any atom is 0.243 e. The fourth-order valence-electron chi connectivity index (χ4n) is 4.49. The van der Waals surface area contributed by atoms with Crippen LogP contribution in [-0.2, 0) is 26.2 Å². The Bertz CT molecular complexity index is 942. The van der Waals surface area contributed by atoms with Gasteiger partial charge in [0.25, 0.3) is 0 Å². The quantitative estimate of drug-likeness (QED) is 0.639. The van der Waals surface area contributed by atoms with Gasteiger partial charge in [-0.05, 0) is 43.4 Å². The maximum atomic E-state index is 13.5. The van der Waals surface area contributed by atoms with Crippen LogP contribution in [0.25, 0.3) is 0 Å². The van der Waals surface area contributed by atoms with E-state index >= 15 is 0 Å². The van der Waals surface area contributed by atoms with Gasteiger partial charge in [0.2, 0.25) is 10.0 Å². The molecule has 3 atom stereocenters. The molecule has 0 N–H and O–H groups in total. The highest BCUT2D eigenvalue weighted by Crippen LogP contribution is 2.61. The largest absolute Gasteiger partial charge is 0.375 e. The number of carbonyl (C=O) groups is 1. The van der Waals surface area contributed by atoms with Gasteiger partial charge in [-0.25, -0.2) is 8.42 Å². The number of sulfonamides is 1. The summed E-state index contributed by atoms with van der Waals surface area (Å²) >= 11 is 0. The Kier molecular flexibility index (Phi) is 5.12. The van der Waals surface area contributed by atoms with Crippen LogP contribution in [0.1, 0.15) is 30.4 Å². The molecule has 0 spiro atoms. The summed E-state index contributed by atoms with van der Waals surface area (Å²) in [6.07, 6.45) is 2.60. The molecule has 1 saturated heterocycles. The zero-order valence-electron chi connectivity index (χ0n) is 16.0. The molecule has 1 aliphatic heterocycles. The Morgan fingerprint density at radius 2 is 1.86 bits per heavy atom. The van der Waals surface area contributed by atoms with Crippen LogP contribution in [0.3, 0.4) is 0 Å². The molecule has 0 radical (unpaired) electrons. The molecule has 0 amide bonds. The number of hydrogen-bond donors (Lipinski definition) is 0. The Hall–Kier alpha value is -2.02. The Morgan fingerprint density at radius 3 is 2.54 bits per heavy atom. The van der Waals surface area contributed by atoms with Crippen LogP contribution in [-0.4, -0.2) is 37.2 Å². The normalized spacial score (nSPS) is 26.8. The summed E-state index contributed by atoms with van der Waals surface area (Å²) in [7, 11) is -3.69. The summed E-state index contributed by atoms with van der Waals surface area (Å²) in [5.74, 6) is 0.239. The molecule has 28 heavy (non-hydrogen) atoms. The summed E-state index contributed by atoms with van der Waals surface area (Å²) < 4.78 is 34.4. The summed E-state index contributed by atoms with van der Waals surface area (Å²) in [4.78, 5) is 11.6. The van der Waals surface area contributed by atoms with Crippen molar-refractivity contribution in [2.24, 2.45) is 5.92 Å². The smallest absolute Gasteiger partial charge is 0.243 e. The molecule has 2 fully saturated rings. The van der Waals surface area contributed by atoms with E-state index in [4.69, 9.17) is 4.74 Å². The van der Waals surface area contributed by atoms with Gasteiger partial charge in [-0.2, -0.15) is 4.31 Å². The molecule has 4 rings (SSSR count). The third kappa shape index (κ3) is 3.41. The Morgan fingerprint density at radius 1 is 1.14 bits per heavy atom. The summed E-state index contributed by atoms with van der Waals surface area (Å²) in [5, 5.41) is 0. The molecular weight excluding hydrogens is 374 g/mol. The van der Waals surface area contributed by atoms with Gasteiger partial charge in [-0.1, -0.05) is 48.0 Å². The third-order valence-electron chi connectivity index (χ3n) is 5.96. The molecule has 2 aliphatic rings. The lowest BCUT2D eigenvalue weighted by atomic mass is 10.1. The number of carbonyl (C=O) groups excluding carboxylic acids is 1. The number of nitrogens with zero attached hydrogens (tertiary/aromatic N) is 1. The van der Waals surface area contributed by atoms with Crippen LogP contribution in [0.4, 0.5) is 0 Å². The zero-order valence-corrected chi connectivity index (χ0v) is 16.8. The first-order valence-corrected chi connectivity index (χ1v) is 11.1. The lowest BCUT2D eigenvalue weighted by molar-refractivity contribution is -0.108. The van der Waals surface area contributed by atoms with E-state index in [0.29, 0.717) is 13.2 Å². The fourth-order valence-corrected chi connectivity index (χ4v) is 6.52. The highest BCUT2D eigenvalue weighted by molar-refractivity contribution is 7.89. The van der Waals surface area contributed by atoms with Crippen LogP contribution in [0.5, 0.6) is 0 Å². The number of rotatable bonds is 8. The molecule has 1 heterocycles. The monoisotopic (exact) mass is 399 g/mol. The number of aryl methyl sites for hydroxylation is 1. The molecule has 2 aromatic carbocycles. The topological polar surface area (TPSA) is 63.7 Å². The molecule has 0 unspecified atom stereocenters. The van der Waals surface area contributed by atoms with Gasteiger partial charge in [-0.3, -0.25) is 0 Å². The van der Waals surface area contributed by atoms with Crippen LogP contribution >= 0.6 is 0 Å². The van der Waals surface area contributed by atoms with Crippen molar-refractivity contribution in [2.75, 3.05) is 6.61 Å². The third-order valence-corrected chi connectivity index (χ3v) is 8.01. The van der Waals surface area contributed by atoms with E-state index in [2.05, 4.69) is 0 Å². The van der Waals surface area contributed by atoms with E-state index in [1.807, 2.05) is 37.3 Å². The highest BCUT2D eigenvalue weighted by Gasteiger charge is 2.68. The second-order valence-corrected chi connectivity index (χ2v) is 9.69. The van der Waals surface area contributed by atoms with Gasteiger partial charge in [0.05, 0.1) is 18.1 Å². The maximum absolute atomic E-state index is 13.5. The molecule has 1 aliphatic carbocycles. The first kappa shape index (κ1) is 19.3. The Balaban J connectivity index is 1.56. The first-order chi connectivity index (χ1) is 13.5. The predicted octanol–water partition coefficient (Wildman–Crippen LogP) is 3.32. The molecule has 148 valence electrons. The van der Waals surface area contributed by atoms with E-state index in [0.717, 1.165) is 30.3 Å². The zero-order chi connectivity index (χ0) is 19.8. The van der Waals surface area contributed by atoms with Gasteiger partial charge >= 0.3 is 0 Å². The average molecular weight is 400 g/mol. The minimum absolute atomic E-state index is 0.239. The van der Waals surface area contributed by atoms with E-state index in [1.165, 1.54) is 0 Å². The standard InChI is InChI=1S/C22H25NO4S/c1-17-7-9-21(10-8-17)28(25,26)23-20(13-19-14-22(19,23)11-12-24)16-27-15-18-5-3-2-4-6-18/h2-10,12,19-20H,11,13-16H2,1H3/t19-,20-,22+/m1/s1. The lowest BCUT2D eigenvalue weighted by Gasteiger charge is -2.32. The SMILES string of the molecule is Cc1ccc(S(=O)(=O)N2[C@@H](COCc3ccccc3)C[C@@H]3C[C@@]32CC=O)cc1. The molecule has 1 saturated carbocycles. The van der Waals surface area contributed by atoms with Crippen molar-refractivity contribution in [3.8, 4) is 0 Å². The molecular formula is C22H25NO4S. The summed E-state index contributed by atoms with van der Waals surface area (Å²) in [6, 6.07) is 16.5. The highest BCUT2D eigenvalue weighted by atomic mass is 32.2. The minimum atomic E-state index is -3.69. The number of ether oxygens (including phenoxy) is 1. The van der Waals surface area contributed by atoms with Crippen LogP contribution in [0.2, 0.25) is 0 Å². The van der Waals surface area contributed by atoms with Crippen LogP contribution < -0.4 is 0 Å². The molecule has 2 aromatic rings. The van der Waals surface area contributed by atoms with Gasteiger partial charge in [0, 0.05) is 18.0 Å². The van der Waals surface area contributed by atoms with Gasteiger partial charge in [0.15, 0.2) is 0 Å². The number of aldehydes is 1. The molecule has 0 bridgehead atoms. The van der Waals surface area contributed by atoms with E-state index in [1.54, 1.807) is 28.6 Å². The van der Waals surface area contributed by atoms with E-state index in [-0.39, 0.29) is 23.3 Å². The number of fused-ring (bicyclic) bond motifs is 1. The lowest BCUT2D eigenvalue weighted by Crippen LogP contribution is -2.47. The van der Waals surface area contributed by atoms with Crippen molar-refractivity contribution < 1.29 is 17.9 Å². The average Bonchev–Trinajstić information content (AvgIpc) is 3.26. The first-order valence-electron chi connectivity index (χ1n) is 9.64. The second kappa shape index (κ2) is 7.43.